The zero-order valence-electron chi connectivity index (χ0n) is 53.7. The van der Waals surface area contributed by atoms with E-state index in [1.807, 2.05) is 45.3 Å². The van der Waals surface area contributed by atoms with Gasteiger partial charge in [0.25, 0.3) is 24.2 Å². The van der Waals surface area contributed by atoms with E-state index in [0.717, 1.165) is 48.6 Å². The third-order valence-corrected chi connectivity index (χ3v) is 15.1. The second kappa shape index (κ2) is 45.4. The number of nitrogens with one attached hydrogen (secondary N) is 2. The predicted octanol–water partition coefficient (Wildman–Crippen LogP) is 6.42. The molecule has 2 unspecified atom stereocenters. The van der Waals surface area contributed by atoms with Crippen molar-refractivity contribution in [2.75, 3.05) is 38.9 Å². The standard InChI is InChI=1S/C24H23ClF3N3O3.C7H5ClO.C7H9N.2C6H11NO.C5H5F2N.C5H7NO3.CH3F.2CO2.Na.H2O/c1-30-19(9-10-20(30)32)23(34)31(16-6-4-5-14(26)11-16)21(17-7-2-3-8-18(17)25)22(33)29-15-12-24(27,28)13-15;8-7-4-2-1-3-6(7)5-9;1-6-3-2-4-7(8)5-6;2*1-5-3-4-6(8)7(5)2;1-8-4-2-5(6,7)3-4;7-3-9-5-2-1-4(8)6-5;1-2;2*2-1-3;;/h2-8,11,15,19,21H,9-10,12-13H2,1H3,(H,29,33);1-5H;2-5H,8H2,1H3;2*5H,3-4H2,1-2H3;4H,2-3H2;3,5H,1-2H2,(H,6,8);1H3;;;;1H2/q;;;;;;;;;;+1;/p-1/t;;;2*5-;;5-;;;;;/m...11.1...../s1/i;;;;;;;1D;;;;. The molecule has 0 aromatic heterocycles. The number of benzene rings is 4. The maximum atomic E-state index is 14.2. The number of aryl methyl sites for hydroxylation is 1. The minimum Gasteiger partial charge on any atom is -0.870 e. The van der Waals surface area contributed by atoms with Crippen LogP contribution in [-0.2, 0) is 57.5 Å². The number of alkyl halides is 5. The molecule has 6 aliphatic rings. The molecule has 4 saturated heterocycles. The summed E-state index contributed by atoms with van der Waals surface area (Å²) in [6, 6.07) is 23.8. The fourth-order valence-electron chi connectivity index (χ4n) is 9.03. The molecule has 4 heterocycles. The number of amides is 6. The van der Waals surface area contributed by atoms with Crippen molar-refractivity contribution < 1.29 is 125 Å². The number of ether oxygens (including phenoxy) is 1. The van der Waals surface area contributed by atoms with E-state index in [1.54, 1.807) is 52.3 Å². The SMILES string of the molecule is CN1C(=O)CCC1C(=O)N(c1cccc(F)c1)C(C(=O)NC1CC(F)(F)C1)c1ccccc1Cl.C[C@@H]1CCC(=O)N1C.C[C@@H]1CCC(=O)N1C.Cc1cccc(N)c1.O=C=O.O=C=O.O=CO[C@@H]1CCC(=O)N1.O=Cc1ccccc1Cl.[2H]CF.[C-]#[N+]C1CC(F)(F)C1.[Na+].[OH-]. The fourth-order valence-corrected chi connectivity index (χ4v) is 9.45. The van der Waals surface area contributed by atoms with E-state index in [1.165, 1.54) is 41.8 Å². The molecule has 0 radical (unpaired) electrons. The first-order valence-corrected chi connectivity index (χ1v) is 28.9. The second-order valence-electron chi connectivity index (χ2n) is 21.0. The summed E-state index contributed by atoms with van der Waals surface area (Å²) in [4.78, 5) is 133. The van der Waals surface area contributed by atoms with Crippen molar-refractivity contribution in [2.45, 2.75) is 152 Å². The average molecular weight is 1380 g/mol. The number of anilines is 2. The third kappa shape index (κ3) is 30.8. The molecule has 10 rings (SSSR count). The molecule has 0 bridgehead atoms. The van der Waals surface area contributed by atoms with E-state index < -0.39 is 73.6 Å². The van der Waals surface area contributed by atoms with Gasteiger partial charge in [0.15, 0.2) is 12.5 Å². The summed E-state index contributed by atoms with van der Waals surface area (Å²) >= 11 is 12.0. The normalized spacial score (nSPS) is 19.1. The molecule has 5 N–H and O–H groups in total. The molecule has 0 spiro atoms. The Morgan fingerprint density at radius 2 is 1.26 bits per heavy atom. The molecule has 2 saturated carbocycles. The monoisotopic (exact) mass is 1380 g/mol. The van der Waals surface area contributed by atoms with Gasteiger partial charge in [0.05, 0.1) is 26.4 Å². The van der Waals surface area contributed by atoms with E-state index in [-0.39, 0.29) is 119 Å². The molecule has 4 aliphatic heterocycles. The van der Waals surface area contributed by atoms with E-state index in [2.05, 4.69) is 34.1 Å². The van der Waals surface area contributed by atoms with Gasteiger partial charge in [0.1, 0.15) is 17.9 Å². The summed E-state index contributed by atoms with van der Waals surface area (Å²) in [6.07, 6.45) is 4.39. The molecule has 4 aromatic carbocycles. The number of rotatable bonds is 9. The number of nitrogens with zero attached hydrogens (tertiary/aromatic N) is 5. The van der Waals surface area contributed by atoms with E-state index in [4.69, 9.17) is 56.1 Å². The van der Waals surface area contributed by atoms with Gasteiger partial charge in [-0.25, -0.2) is 28.5 Å². The molecule has 4 aromatic rings. The van der Waals surface area contributed by atoms with Crippen LogP contribution in [-0.4, -0.2) is 157 Å². The number of likely N-dealkylation sites (N-methyl/N-ethyl adjacent to an activating group) is 1. The first-order valence-electron chi connectivity index (χ1n) is 28.8. The number of carbonyl (C=O) groups excluding carboxylic acids is 12. The van der Waals surface area contributed by atoms with Crippen LogP contribution in [0.2, 0.25) is 10.0 Å². The zero-order chi connectivity index (χ0) is 70.6. The van der Waals surface area contributed by atoms with Gasteiger partial charge in [-0.15, -0.1) is 0 Å². The van der Waals surface area contributed by atoms with Gasteiger partial charge in [-0.05, 0) is 88.1 Å². The Morgan fingerprint density at radius 1 is 0.766 bits per heavy atom. The maximum Gasteiger partial charge on any atom is 1.00 e. The first-order chi connectivity index (χ1) is 43.8. The maximum absolute atomic E-state index is 14.2. The predicted molar refractivity (Wildman–Crippen MR) is 327 cm³/mol. The number of hydrogen-bond donors (Lipinski definition) is 3. The van der Waals surface area contributed by atoms with Crippen LogP contribution < -0.4 is 50.8 Å². The van der Waals surface area contributed by atoms with Crippen molar-refractivity contribution >= 4 is 95.1 Å². The Morgan fingerprint density at radius 3 is 1.60 bits per heavy atom. The quantitative estimate of drug-likeness (QED) is 0.0536. The summed E-state index contributed by atoms with van der Waals surface area (Å²) < 4.78 is 84.6. The van der Waals surface area contributed by atoms with Crippen molar-refractivity contribution in [3.63, 3.8) is 0 Å². The van der Waals surface area contributed by atoms with E-state index in [0.29, 0.717) is 42.0 Å². The van der Waals surface area contributed by atoms with Crippen molar-refractivity contribution in [2.24, 2.45) is 0 Å². The average Bonchev–Trinajstić information content (AvgIpc) is 1.56. The summed E-state index contributed by atoms with van der Waals surface area (Å²) in [6.45, 7) is 12.8. The van der Waals surface area contributed by atoms with Crippen molar-refractivity contribution in [1.82, 2.24) is 25.3 Å². The van der Waals surface area contributed by atoms with Crippen LogP contribution in [0.25, 0.3) is 4.85 Å². The minimum absolute atomic E-state index is 0. The van der Waals surface area contributed by atoms with Gasteiger partial charge in [-0.1, -0.05) is 77.8 Å². The molecule has 94 heavy (non-hydrogen) atoms. The van der Waals surface area contributed by atoms with Gasteiger partial charge in [-0.3, -0.25) is 47.6 Å². The second-order valence-corrected chi connectivity index (χ2v) is 21.8. The molecular formula is C63H75Cl2F6N8NaO14. The largest absolute Gasteiger partial charge is 1.00 e. The van der Waals surface area contributed by atoms with Crippen LogP contribution >= 0.6 is 23.2 Å². The number of likely N-dealkylation sites (tertiary alicyclic amines) is 3. The first kappa shape index (κ1) is 86.0. The Hall–Kier alpha value is -7.99. The number of carbonyl (C=O) groups is 8. The summed E-state index contributed by atoms with van der Waals surface area (Å²) in [5.41, 5.74) is 8.38. The van der Waals surface area contributed by atoms with Gasteiger partial charge >= 0.3 is 41.9 Å². The van der Waals surface area contributed by atoms with Gasteiger partial charge in [0.2, 0.25) is 35.6 Å². The fraction of sp³-hybridized carbons (Fsp3) is 0.444. The minimum atomic E-state index is -2.86. The molecule has 2 aliphatic carbocycles. The van der Waals surface area contributed by atoms with Gasteiger partial charge in [-0.2, -0.15) is 19.2 Å². The van der Waals surface area contributed by atoms with Crippen LogP contribution in [0, 0.1) is 19.3 Å². The zero-order valence-corrected chi connectivity index (χ0v) is 56.2. The molecule has 6 fully saturated rings. The van der Waals surface area contributed by atoms with Crippen LogP contribution in [0.3, 0.4) is 0 Å². The molecule has 5 atom stereocenters. The smallest absolute Gasteiger partial charge is 0.870 e. The van der Waals surface area contributed by atoms with Crippen LogP contribution in [0.15, 0.2) is 97.1 Å². The van der Waals surface area contributed by atoms with Crippen molar-refractivity contribution in [3.05, 3.63) is 141 Å². The molecular weight excluding hydrogens is 1300 g/mol. The number of nitrogen functional groups attached to an aromatic ring is 1. The summed E-state index contributed by atoms with van der Waals surface area (Å²) in [5, 5.41) is 5.72. The Balaban J connectivity index is 0. The van der Waals surface area contributed by atoms with Crippen molar-refractivity contribution in [3.8, 4) is 0 Å². The molecule has 31 heteroatoms. The van der Waals surface area contributed by atoms with E-state index in [9.17, 15) is 64.7 Å². The molecule has 508 valence electrons. The van der Waals surface area contributed by atoms with Crippen molar-refractivity contribution in [1.29, 1.82) is 0 Å². The van der Waals surface area contributed by atoms with Crippen LogP contribution in [0.4, 0.5) is 37.7 Å². The summed E-state index contributed by atoms with van der Waals surface area (Å²) in [5.74, 6) is -7.04. The van der Waals surface area contributed by atoms with Gasteiger partial charge < -0.3 is 46.1 Å². The molecule has 6 amide bonds. The number of halogens is 8. The Bertz CT molecular complexity index is 3150. The van der Waals surface area contributed by atoms with Crippen LogP contribution in [0.5, 0.6) is 0 Å². The number of hydrogen-bond acceptors (Lipinski definition) is 15. The summed E-state index contributed by atoms with van der Waals surface area (Å²) in [7, 11) is 4.21. The van der Waals surface area contributed by atoms with Crippen LogP contribution in [0.1, 0.15) is 120 Å². The number of aldehydes is 1. The topological polar surface area (TPSA) is 311 Å². The Kier molecular flexibility index (Phi) is 41.5. The third-order valence-electron chi connectivity index (χ3n) is 14.4. The van der Waals surface area contributed by atoms with Gasteiger partial charge in [0, 0.05) is 112 Å². The van der Waals surface area contributed by atoms with E-state index >= 15 is 0 Å². The Labute approximate surface area is 574 Å². The number of nitrogens with two attached hydrogens (primary N) is 1. The molecule has 22 nitrogen and oxygen atoms in total.